The van der Waals surface area contributed by atoms with Crippen LogP contribution in [0.4, 0.5) is 0 Å². The minimum absolute atomic E-state index is 0.0587. The summed E-state index contributed by atoms with van der Waals surface area (Å²) in [5.41, 5.74) is 0.678. The Balaban J connectivity index is 2.01. The molecule has 104 valence electrons. The molecule has 1 fully saturated rings. The van der Waals surface area contributed by atoms with E-state index in [1.165, 1.54) is 38.5 Å². The molecular formula is C16H21BrO2. The van der Waals surface area contributed by atoms with Crippen LogP contribution < -0.4 is 4.74 Å². The molecule has 0 bridgehead atoms. The molecule has 1 aromatic rings. The van der Waals surface area contributed by atoms with Crippen molar-refractivity contribution in [1.82, 2.24) is 0 Å². The lowest BCUT2D eigenvalue weighted by Gasteiger charge is -2.16. The summed E-state index contributed by atoms with van der Waals surface area (Å²) in [4.78, 5) is 11.6. The van der Waals surface area contributed by atoms with Crippen molar-refractivity contribution >= 4 is 21.7 Å². The largest absolute Gasteiger partial charge is 0.493 e. The number of carbonyl (C=O) groups excluding carboxylic acids is 1. The summed E-state index contributed by atoms with van der Waals surface area (Å²) in [5, 5.41) is 0. The summed E-state index contributed by atoms with van der Waals surface area (Å²) in [7, 11) is 0. The Hall–Kier alpha value is -0.830. The minimum Gasteiger partial charge on any atom is -0.493 e. The first-order chi connectivity index (χ1) is 9.16. The molecule has 0 spiro atoms. The molecule has 1 aliphatic carbocycles. The first kappa shape index (κ1) is 14.6. The van der Waals surface area contributed by atoms with E-state index in [1.54, 1.807) is 6.92 Å². The number of ether oxygens (including phenoxy) is 1. The van der Waals surface area contributed by atoms with Crippen molar-refractivity contribution < 1.29 is 9.53 Å². The topological polar surface area (TPSA) is 26.3 Å². The van der Waals surface area contributed by atoms with Crippen molar-refractivity contribution in [1.29, 1.82) is 0 Å². The Bertz CT molecular complexity index is 434. The lowest BCUT2D eigenvalue weighted by Crippen LogP contribution is -2.12. The summed E-state index contributed by atoms with van der Waals surface area (Å²) in [6.45, 7) is 2.32. The van der Waals surface area contributed by atoms with Gasteiger partial charge in [-0.2, -0.15) is 0 Å². The molecule has 0 N–H and O–H groups in total. The molecule has 0 heterocycles. The first-order valence-electron chi connectivity index (χ1n) is 7.10. The quantitative estimate of drug-likeness (QED) is 0.575. The predicted octanol–water partition coefficient (Wildman–Crippen LogP) is 5.00. The molecule has 0 radical (unpaired) electrons. The molecule has 0 unspecified atom stereocenters. The zero-order valence-electron chi connectivity index (χ0n) is 11.5. The number of halogens is 1. The van der Waals surface area contributed by atoms with E-state index >= 15 is 0 Å². The fourth-order valence-electron chi connectivity index (χ4n) is 2.64. The van der Waals surface area contributed by atoms with Crippen molar-refractivity contribution in [3.05, 3.63) is 28.2 Å². The second-order valence-corrected chi connectivity index (χ2v) is 6.28. The molecule has 0 atom stereocenters. The third-order valence-corrected chi connectivity index (χ3v) is 4.27. The molecular weight excluding hydrogens is 304 g/mol. The highest BCUT2D eigenvalue weighted by Gasteiger charge is 2.15. The number of benzene rings is 1. The van der Waals surface area contributed by atoms with E-state index in [1.807, 2.05) is 18.2 Å². The average molecular weight is 325 g/mol. The SMILES string of the molecule is CC(=O)c1ccc(Br)cc1OCC1CCCCCC1. The lowest BCUT2D eigenvalue weighted by atomic mass is 10.0. The third-order valence-electron chi connectivity index (χ3n) is 3.77. The maximum atomic E-state index is 11.6. The summed E-state index contributed by atoms with van der Waals surface area (Å²) >= 11 is 3.43. The summed E-state index contributed by atoms with van der Waals surface area (Å²) in [6.07, 6.45) is 7.84. The Morgan fingerprint density at radius 2 is 1.95 bits per heavy atom. The Morgan fingerprint density at radius 1 is 1.26 bits per heavy atom. The van der Waals surface area contributed by atoms with E-state index in [0.717, 1.165) is 11.1 Å². The average Bonchev–Trinajstić information content (AvgIpc) is 2.64. The summed E-state index contributed by atoms with van der Waals surface area (Å²) in [5.74, 6) is 1.41. The van der Waals surface area contributed by atoms with E-state index in [9.17, 15) is 4.79 Å². The van der Waals surface area contributed by atoms with Gasteiger partial charge in [-0.3, -0.25) is 4.79 Å². The second kappa shape index (κ2) is 7.09. The molecule has 0 saturated heterocycles. The zero-order valence-corrected chi connectivity index (χ0v) is 13.0. The summed E-state index contributed by atoms with van der Waals surface area (Å²) in [6, 6.07) is 5.61. The van der Waals surface area contributed by atoms with Gasteiger partial charge in [-0.15, -0.1) is 0 Å². The van der Waals surface area contributed by atoms with Gasteiger partial charge in [0.1, 0.15) is 5.75 Å². The van der Waals surface area contributed by atoms with Gasteiger partial charge in [-0.25, -0.2) is 0 Å². The van der Waals surface area contributed by atoms with Gasteiger partial charge in [0.05, 0.1) is 12.2 Å². The first-order valence-corrected chi connectivity index (χ1v) is 7.89. The zero-order chi connectivity index (χ0) is 13.7. The van der Waals surface area contributed by atoms with Crippen molar-refractivity contribution in [3.63, 3.8) is 0 Å². The maximum absolute atomic E-state index is 11.6. The maximum Gasteiger partial charge on any atom is 0.163 e. The van der Waals surface area contributed by atoms with Crippen molar-refractivity contribution in [2.24, 2.45) is 5.92 Å². The van der Waals surface area contributed by atoms with Crippen LogP contribution in [-0.2, 0) is 0 Å². The van der Waals surface area contributed by atoms with Gasteiger partial charge >= 0.3 is 0 Å². The highest BCUT2D eigenvalue weighted by molar-refractivity contribution is 9.10. The smallest absolute Gasteiger partial charge is 0.163 e. The van der Waals surface area contributed by atoms with E-state index in [4.69, 9.17) is 4.74 Å². The van der Waals surface area contributed by atoms with Gasteiger partial charge in [-0.05, 0) is 43.9 Å². The number of hydrogen-bond donors (Lipinski definition) is 0. The van der Waals surface area contributed by atoms with Gasteiger partial charge in [0.25, 0.3) is 0 Å². The van der Waals surface area contributed by atoms with Crippen LogP contribution in [0.2, 0.25) is 0 Å². The lowest BCUT2D eigenvalue weighted by molar-refractivity contribution is 0.101. The molecule has 2 rings (SSSR count). The van der Waals surface area contributed by atoms with E-state index in [-0.39, 0.29) is 5.78 Å². The van der Waals surface area contributed by atoms with E-state index in [2.05, 4.69) is 15.9 Å². The van der Waals surface area contributed by atoms with Crippen LogP contribution in [0.1, 0.15) is 55.8 Å². The van der Waals surface area contributed by atoms with Gasteiger partial charge in [0, 0.05) is 4.47 Å². The predicted molar refractivity (Wildman–Crippen MR) is 80.8 cm³/mol. The molecule has 19 heavy (non-hydrogen) atoms. The van der Waals surface area contributed by atoms with Gasteiger partial charge in [0.2, 0.25) is 0 Å². The number of Topliss-reactive ketones (excluding diaryl/α,β-unsaturated/α-hetero) is 1. The van der Waals surface area contributed by atoms with Crippen LogP contribution in [-0.4, -0.2) is 12.4 Å². The molecule has 1 aliphatic rings. The molecule has 0 aromatic heterocycles. The number of carbonyl (C=O) groups is 1. The Kier molecular flexibility index (Phi) is 5.44. The van der Waals surface area contributed by atoms with Crippen molar-refractivity contribution in [2.75, 3.05) is 6.61 Å². The van der Waals surface area contributed by atoms with Crippen LogP contribution in [0.3, 0.4) is 0 Å². The molecule has 1 saturated carbocycles. The number of rotatable bonds is 4. The summed E-state index contributed by atoms with van der Waals surface area (Å²) < 4.78 is 6.88. The second-order valence-electron chi connectivity index (χ2n) is 5.37. The molecule has 0 aliphatic heterocycles. The standard InChI is InChI=1S/C16H21BrO2/c1-12(18)15-9-8-14(17)10-16(15)19-11-13-6-4-2-3-5-7-13/h8-10,13H,2-7,11H2,1H3. The Morgan fingerprint density at radius 3 is 2.58 bits per heavy atom. The van der Waals surface area contributed by atoms with Crippen molar-refractivity contribution in [3.8, 4) is 5.75 Å². The number of ketones is 1. The normalized spacial score (nSPS) is 16.9. The fraction of sp³-hybridized carbons (Fsp3) is 0.562. The van der Waals surface area contributed by atoms with Crippen molar-refractivity contribution in [2.45, 2.75) is 45.4 Å². The van der Waals surface area contributed by atoms with Crippen LogP contribution in [0, 0.1) is 5.92 Å². The molecule has 0 amide bonds. The fourth-order valence-corrected chi connectivity index (χ4v) is 2.98. The monoisotopic (exact) mass is 324 g/mol. The molecule has 2 nitrogen and oxygen atoms in total. The Labute approximate surface area is 123 Å². The van der Waals surface area contributed by atoms with E-state index in [0.29, 0.717) is 17.2 Å². The number of hydrogen-bond acceptors (Lipinski definition) is 2. The van der Waals surface area contributed by atoms with Gasteiger partial charge in [0.15, 0.2) is 5.78 Å². The highest BCUT2D eigenvalue weighted by Crippen LogP contribution is 2.27. The van der Waals surface area contributed by atoms with E-state index < -0.39 is 0 Å². The highest BCUT2D eigenvalue weighted by atomic mass is 79.9. The van der Waals surface area contributed by atoms with Crippen LogP contribution in [0.5, 0.6) is 5.75 Å². The third kappa shape index (κ3) is 4.34. The van der Waals surface area contributed by atoms with Gasteiger partial charge in [-0.1, -0.05) is 41.6 Å². The van der Waals surface area contributed by atoms with Crippen LogP contribution in [0.15, 0.2) is 22.7 Å². The van der Waals surface area contributed by atoms with Crippen LogP contribution in [0.25, 0.3) is 0 Å². The minimum atomic E-state index is 0.0587. The molecule has 3 heteroatoms. The molecule has 1 aromatic carbocycles. The van der Waals surface area contributed by atoms with Crippen LogP contribution >= 0.6 is 15.9 Å². The van der Waals surface area contributed by atoms with Gasteiger partial charge < -0.3 is 4.74 Å².